The summed E-state index contributed by atoms with van der Waals surface area (Å²) < 4.78 is 10.7. The maximum atomic E-state index is 5.61. The van der Waals surface area contributed by atoms with Gasteiger partial charge >= 0.3 is 0 Å². The van der Waals surface area contributed by atoms with E-state index in [1.165, 1.54) is 0 Å². The number of aliphatic imine (C=N–C) groups is 3. The monoisotopic (exact) mass is 398 g/mol. The summed E-state index contributed by atoms with van der Waals surface area (Å²) in [5.74, 6) is 1.91. The van der Waals surface area contributed by atoms with Crippen LogP contribution in [0.25, 0.3) is 0 Å². The first-order valence-corrected chi connectivity index (χ1v) is 9.39. The average Bonchev–Trinajstić information content (AvgIpc) is 2.73. The van der Waals surface area contributed by atoms with Crippen molar-refractivity contribution in [3.05, 3.63) is 72.8 Å². The molecular formula is C23H34N4O2. The van der Waals surface area contributed by atoms with Crippen molar-refractivity contribution in [1.82, 2.24) is 4.90 Å². The van der Waals surface area contributed by atoms with Crippen molar-refractivity contribution in [3.63, 3.8) is 0 Å². The maximum absolute atomic E-state index is 5.61. The van der Waals surface area contributed by atoms with Crippen LogP contribution in [0.1, 0.15) is 27.2 Å². The second kappa shape index (κ2) is 17.0. The third-order valence-corrected chi connectivity index (χ3v) is 3.47. The predicted molar refractivity (Wildman–Crippen MR) is 125 cm³/mol. The summed E-state index contributed by atoms with van der Waals surface area (Å²) >= 11 is 0. The maximum Gasteiger partial charge on any atom is 0.223 e. The van der Waals surface area contributed by atoms with Gasteiger partial charge in [0.1, 0.15) is 12.4 Å². The first kappa shape index (κ1) is 25.9. The van der Waals surface area contributed by atoms with Gasteiger partial charge in [0.05, 0.1) is 7.11 Å². The Balaban J connectivity index is 4.85. The standard InChI is InChI=1S/C23H34N4O2/c1-8-11-14-22(10-3)29-18-12-17-27(6)23(24-5)25-16-15-21(13-9-2)19-26-20(4)28-7/h8-14,16-17,19H,3,15,18H2,1-2,4-7H3/b11-8-,13-9?,17-12+,21-19+,22-14+,24-23-,25-16-,26-20+. The molecule has 158 valence electrons. The highest BCUT2D eigenvalue weighted by molar-refractivity contribution is 5.88. The highest BCUT2D eigenvalue weighted by Crippen LogP contribution is 2.04. The van der Waals surface area contributed by atoms with E-state index in [1.807, 2.05) is 74.7 Å². The number of methoxy groups -OCH3 is 1. The molecule has 0 spiro atoms. The summed E-state index contributed by atoms with van der Waals surface area (Å²) in [6, 6.07) is 0. The normalized spacial score (nSPS) is 14.6. The van der Waals surface area contributed by atoms with E-state index in [-0.39, 0.29) is 0 Å². The Hall–Kier alpha value is -3.15. The summed E-state index contributed by atoms with van der Waals surface area (Å²) in [4.78, 5) is 14.7. The van der Waals surface area contributed by atoms with Crippen molar-refractivity contribution >= 4 is 18.1 Å². The summed E-state index contributed by atoms with van der Waals surface area (Å²) in [5.41, 5.74) is 1.01. The van der Waals surface area contributed by atoms with Gasteiger partial charge in [0.15, 0.2) is 5.90 Å². The molecule has 0 aromatic carbocycles. The van der Waals surface area contributed by atoms with E-state index in [0.717, 1.165) is 5.57 Å². The number of hydrogen-bond acceptors (Lipinski definition) is 4. The smallest absolute Gasteiger partial charge is 0.223 e. The van der Waals surface area contributed by atoms with Crippen LogP contribution in [0.2, 0.25) is 0 Å². The van der Waals surface area contributed by atoms with Gasteiger partial charge in [-0.1, -0.05) is 30.9 Å². The van der Waals surface area contributed by atoms with Crippen LogP contribution >= 0.6 is 0 Å². The molecule has 0 radical (unpaired) electrons. The van der Waals surface area contributed by atoms with E-state index in [2.05, 4.69) is 21.6 Å². The number of ether oxygens (including phenoxy) is 2. The fourth-order valence-corrected chi connectivity index (χ4v) is 1.92. The molecule has 0 fully saturated rings. The van der Waals surface area contributed by atoms with Gasteiger partial charge in [-0.15, -0.1) is 0 Å². The zero-order valence-electron chi connectivity index (χ0n) is 18.5. The molecule has 0 atom stereocenters. The quantitative estimate of drug-likeness (QED) is 0.223. The van der Waals surface area contributed by atoms with Crippen molar-refractivity contribution in [2.24, 2.45) is 15.0 Å². The van der Waals surface area contributed by atoms with Gasteiger partial charge in [-0.3, -0.25) is 4.99 Å². The Morgan fingerprint density at radius 3 is 2.55 bits per heavy atom. The fraction of sp³-hybridized carbons (Fsp3) is 0.348. The van der Waals surface area contributed by atoms with Crippen LogP contribution in [0.5, 0.6) is 0 Å². The van der Waals surface area contributed by atoms with Gasteiger partial charge in [-0.25, -0.2) is 9.98 Å². The minimum absolute atomic E-state index is 0.422. The highest BCUT2D eigenvalue weighted by Gasteiger charge is 1.99. The van der Waals surface area contributed by atoms with Crippen LogP contribution in [0.4, 0.5) is 0 Å². The second-order valence-electron chi connectivity index (χ2n) is 5.70. The Morgan fingerprint density at radius 1 is 1.21 bits per heavy atom. The number of guanidine groups is 1. The van der Waals surface area contributed by atoms with Crippen molar-refractivity contribution in [1.29, 1.82) is 0 Å². The largest absolute Gasteiger partial charge is 0.490 e. The van der Waals surface area contributed by atoms with E-state index in [4.69, 9.17) is 9.47 Å². The van der Waals surface area contributed by atoms with Crippen molar-refractivity contribution in [2.45, 2.75) is 27.2 Å². The molecule has 0 bridgehead atoms. The molecule has 0 aliphatic carbocycles. The fourth-order valence-electron chi connectivity index (χ4n) is 1.92. The van der Waals surface area contributed by atoms with Gasteiger partial charge in [-0.05, 0) is 37.6 Å². The summed E-state index contributed by atoms with van der Waals surface area (Å²) in [7, 11) is 5.19. The Bertz CT molecular complexity index is 723. The van der Waals surface area contributed by atoms with Crippen molar-refractivity contribution < 1.29 is 9.47 Å². The Labute approximate surface area is 175 Å². The Kier molecular flexibility index (Phi) is 15.1. The van der Waals surface area contributed by atoms with Crippen LogP contribution in [0.15, 0.2) is 87.8 Å². The van der Waals surface area contributed by atoms with Crippen LogP contribution in [-0.4, -0.2) is 50.8 Å². The molecule has 0 saturated heterocycles. The minimum Gasteiger partial charge on any atom is -0.490 e. The summed E-state index contributed by atoms with van der Waals surface area (Å²) in [5, 5.41) is 0. The lowest BCUT2D eigenvalue weighted by Gasteiger charge is -2.12. The highest BCUT2D eigenvalue weighted by atomic mass is 16.5. The molecule has 0 saturated carbocycles. The van der Waals surface area contributed by atoms with E-state index < -0.39 is 0 Å². The summed E-state index contributed by atoms with van der Waals surface area (Å²) in [6.07, 6.45) is 19.3. The van der Waals surface area contributed by atoms with Gasteiger partial charge < -0.3 is 14.4 Å². The average molecular weight is 399 g/mol. The molecule has 0 aliphatic heterocycles. The molecule has 0 aliphatic rings. The van der Waals surface area contributed by atoms with Crippen LogP contribution < -0.4 is 0 Å². The third kappa shape index (κ3) is 12.8. The number of rotatable bonds is 10. The van der Waals surface area contributed by atoms with Gasteiger partial charge in [0.2, 0.25) is 5.96 Å². The molecule has 0 heterocycles. The first-order valence-electron chi connectivity index (χ1n) is 9.39. The van der Waals surface area contributed by atoms with E-state index in [1.54, 1.807) is 33.4 Å². The topological polar surface area (TPSA) is 58.8 Å². The molecular weight excluding hydrogens is 364 g/mol. The molecule has 29 heavy (non-hydrogen) atoms. The number of allylic oxidation sites excluding steroid dienone is 7. The molecule has 0 aromatic rings. The summed E-state index contributed by atoms with van der Waals surface area (Å²) in [6.45, 7) is 9.87. The molecule has 0 N–H and O–H groups in total. The van der Waals surface area contributed by atoms with E-state index in [0.29, 0.717) is 30.6 Å². The lowest BCUT2D eigenvalue weighted by atomic mass is 10.2. The van der Waals surface area contributed by atoms with Crippen LogP contribution in [-0.2, 0) is 9.47 Å². The lowest BCUT2D eigenvalue weighted by molar-refractivity contribution is 0.261. The molecule has 6 nitrogen and oxygen atoms in total. The molecule has 0 aromatic heterocycles. The molecule has 6 heteroatoms. The van der Waals surface area contributed by atoms with E-state index >= 15 is 0 Å². The van der Waals surface area contributed by atoms with Crippen LogP contribution in [0.3, 0.4) is 0 Å². The second-order valence-corrected chi connectivity index (χ2v) is 5.70. The van der Waals surface area contributed by atoms with E-state index in [9.17, 15) is 0 Å². The Morgan fingerprint density at radius 2 is 1.97 bits per heavy atom. The van der Waals surface area contributed by atoms with Gasteiger partial charge in [0, 0.05) is 46.1 Å². The van der Waals surface area contributed by atoms with Gasteiger partial charge in [0.25, 0.3) is 0 Å². The van der Waals surface area contributed by atoms with Gasteiger partial charge in [-0.2, -0.15) is 0 Å². The molecule has 0 rings (SSSR count). The predicted octanol–water partition coefficient (Wildman–Crippen LogP) is 5.07. The zero-order valence-corrected chi connectivity index (χ0v) is 18.5. The zero-order chi connectivity index (χ0) is 21.9. The first-order chi connectivity index (χ1) is 14.0. The number of hydrogen-bond donors (Lipinski definition) is 0. The van der Waals surface area contributed by atoms with Crippen LogP contribution in [0, 0.1) is 0 Å². The molecule has 0 unspecified atom stereocenters. The lowest BCUT2D eigenvalue weighted by Crippen LogP contribution is -2.19. The third-order valence-electron chi connectivity index (χ3n) is 3.47. The molecule has 0 amide bonds. The SMILES string of the molecule is C=C/C(=C\C=C/C)OC/C=C/N(C)C(/N=C\C/C(C=CC)=C/N=C(\C)OC)=N\C. The number of nitrogens with zero attached hydrogens (tertiary/aromatic N) is 4. The van der Waals surface area contributed by atoms with Crippen molar-refractivity contribution in [3.8, 4) is 0 Å². The minimum atomic E-state index is 0.422. The van der Waals surface area contributed by atoms with Crippen molar-refractivity contribution in [2.75, 3.05) is 27.8 Å².